The molecule has 8 nitrogen and oxygen atoms in total. The quantitative estimate of drug-likeness (QED) is 0.367. The average Bonchev–Trinajstić information content (AvgIpc) is 2.86. The highest BCUT2D eigenvalue weighted by molar-refractivity contribution is 8.00. The van der Waals surface area contributed by atoms with E-state index in [9.17, 15) is 24.9 Å². The highest BCUT2D eigenvalue weighted by Crippen LogP contribution is 2.65. The molecule has 1 amide bonds. The topological polar surface area (TPSA) is 125 Å². The Balaban J connectivity index is 1.64. The van der Waals surface area contributed by atoms with E-state index in [0.29, 0.717) is 47.4 Å². The van der Waals surface area contributed by atoms with Crippen LogP contribution in [0.4, 0.5) is 5.69 Å². The first kappa shape index (κ1) is 28.7. The van der Waals surface area contributed by atoms with Gasteiger partial charge in [-0.25, -0.2) is 0 Å². The van der Waals surface area contributed by atoms with Crippen molar-refractivity contribution in [3.8, 4) is 11.5 Å². The van der Waals surface area contributed by atoms with E-state index in [0.717, 1.165) is 6.42 Å². The van der Waals surface area contributed by atoms with Crippen molar-refractivity contribution in [3.63, 3.8) is 0 Å². The number of ketones is 1. The molecule has 1 saturated carbocycles. The molecular formula is C30H43NO7S. The second-order valence-corrected chi connectivity index (χ2v) is 14.2. The number of benzene rings is 1. The first-order valence-electron chi connectivity index (χ1n) is 14.3. The standard InChI is InChI=1S/C30H43NO7S/c1-8-14(2)22(33)15(3)19-23(34)25-20(21-26(19)39-13-18(32)31-21)24(35)27-29(6)11-9-16(28(4,5)36)37-17(29)10-12-30(27,7)38-25/h14-17,24,27,34-36H,8-13H2,1-7H3,(H,31,32)/t14-,15-,16+,17+,24+,27+,29-,30+/m0/s1. The molecular weight excluding hydrogens is 518 g/mol. The number of carbonyl (C=O) groups excluding carboxylic acids is 2. The van der Waals surface area contributed by atoms with Crippen LogP contribution in [0, 0.1) is 17.3 Å². The number of aliphatic hydroxyl groups excluding tert-OH is 1. The Labute approximate surface area is 235 Å². The Hall–Kier alpha value is -1.81. The lowest BCUT2D eigenvalue weighted by molar-refractivity contribution is -0.256. The highest BCUT2D eigenvalue weighted by Gasteiger charge is 2.63. The number of Topliss-reactive ketones (excluding diaryl/α,β-unsaturated/α-hetero) is 1. The third-order valence-corrected chi connectivity index (χ3v) is 11.2. The van der Waals surface area contributed by atoms with Crippen molar-refractivity contribution in [1.29, 1.82) is 0 Å². The predicted molar refractivity (Wildman–Crippen MR) is 149 cm³/mol. The van der Waals surface area contributed by atoms with E-state index in [1.165, 1.54) is 11.8 Å². The van der Waals surface area contributed by atoms with E-state index < -0.39 is 28.6 Å². The van der Waals surface area contributed by atoms with Crippen LogP contribution in [0.3, 0.4) is 0 Å². The minimum Gasteiger partial charge on any atom is -0.504 e. The molecule has 216 valence electrons. The van der Waals surface area contributed by atoms with E-state index in [1.807, 2.05) is 20.8 Å². The monoisotopic (exact) mass is 561 g/mol. The molecule has 0 spiro atoms. The summed E-state index contributed by atoms with van der Waals surface area (Å²) in [4.78, 5) is 26.5. The van der Waals surface area contributed by atoms with Crippen LogP contribution in [-0.2, 0) is 14.3 Å². The van der Waals surface area contributed by atoms with Gasteiger partial charge in [0.1, 0.15) is 11.4 Å². The molecule has 1 aromatic rings. The molecule has 0 bridgehead atoms. The molecule has 1 aromatic carbocycles. The lowest BCUT2D eigenvalue weighted by Gasteiger charge is -2.61. The van der Waals surface area contributed by atoms with Crippen molar-refractivity contribution in [1.82, 2.24) is 0 Å². The smallest absolute Gasteiger partial charge is 0.234 e. The molecule has 39 heavy (non-hydrogen) atoms. The summed E-state index contributed by atoms with van der Waals surface area (Å²) in [6, 6.07) is 0. The maximum Gasteiger partial charge on any atom is 0.234 e. The van der Waals surface area contributed by atoms with Crippen LogP contribution in [0.2, 0.25) is 0 Å². The molecule has 2 fully saturated rings. The number of hydrogen-bond acceptors (Lipinski definition) is 8. The number of carbonyl (C=O) groups is 2. The van der Waals surface area contributed by atoms with Crippen LogP contribution in [-0.4, -0.2) is 56.2 Å². The van der Waals surface area contributed by atoms with Crippen molar-refractivity contribution in [2.75, 3.05) is 11.1 Å². The molecule has 3 heterocycles. The third kappa shape index (κ3) is 4.39. The van der Waals surface area contributed by atoms with Crippen LogP contribution >= 0.6 is 11.8 Å². The molecule has 4 N–H and O–H groups in total. The van der Waals surface area contributed by atoms with Gasteiger partial charge in [-0.15, -0.1) is 11.8 Å². The molecule has 3 aliphatic heterocycles. The van der Waals surface area contributed by atoms with Gasteiger partial charge in [-0.3, -0.25) is 9.59 Å². The molecule has 0 aromatic heterocycles. The molecule has 0 unspecified atom stereocenters. The van der Waals surface area contributed by atoms with E-state index in [4.69, 9.17) is 9.47 Å². The van der Waals surface area contributed by atoms with Gasteiger partial charge in [0, 0.05) is 33.6 Å². The van der Waals surface area contributed by atoms with Gasteiger partial charge in [0.2, 0.25) is 5.91 Å². The number of phenols is 1. The highest BCUT2D eigenvalue weighted by atomic mass is 32.2. The van der Waals surface area contributed by atoms with Gasteiger partial charge in [0.25, 0.3) is 0 Å². The number of phenolic OH excluding ortho intramolecular Hbond substituents is 1. The van der Waals surface area contributed by atoms with Crippen LogP contribution in [0.1, 0.15) is 104 Å². The zero-order valence-corrected chi connectivity index (χ0v) is 24.9. The molecule has 8 atom stereocenters. The van der Waals surface area contributed by atoms with Crippen molar-refractivity contribution < 1.29 is 34.4 Å². The number of anilines is 1. The Kier molecular flexibility index (Phi) is 7.09. The Bertz CT molecular complexity index is 1190. The van der Waals surface area contributed by atoms with Crippen LogP contribution < -0.4 is 10.1 Å². The summed E-state index contributed by atoms with van der Waals surface area (Å²) in [6.45, 7) is 13.3. The maximum atomic E-state index is 13.3. The number of amides is 1. The number of aliphatic hydroxyl groups is 2. The number of aromatic hydroxyl groups is 1. The fourth-order valence-corrected chi connectivity index (χ4v) is 8.73. The van der Waals surface area contributed by atoms with Crippen LogP contribution in [0.15, 0.2) is 4.90 Å². The Morgan fingerprint density at radius 2 is 1.92 bits per heavy atom. The number of thioether (sulfide) groups is 1. The molecule has 1 aliphatic carbocycles. The summed E-state index contributed by atoms with van der Waals surface area (Å²) >= 11 is 1.29. The van der Waals surface area contributed by atoms with Gasteiger partial charge in [0.15, 0.2) is 11.5 Å². The summed E-state index contributed by atoms with van der Waals surface area (Å²) in [5.74, 6) is -1.15. The van der Waals surface area contributed by atoms with Crippen LogP contribution in [0.25, 0.3) is 0 Å². The maximum absolute atomic E-state index is 13.3. The van der Waals surface area contributed by atoms with Crippen LogP contribution in [0.5, 0.6) is 11.5 Å². The van der Waals surface area contributed by atoms with Gasteiger partial charge in [-0.05, 0) is 52.9 Å². The first-order chi connectivity index (χ1) is 18.1. The normalized spacial score (nSPS) is 35.4. The molecule has 1 saturated heterocycles. The summed E-state index contributed by atoms with van der Waals surface area (Å²) in [6.07, 6.45) is 1.82. The SMILES string of the molecule is CC[C@H](C)C(=O)[C@@H](C)c1c(O)c2c(c3c1SCC(=O)N3)[C@@H](O)[C@@H]1[C@@]3(C)CC[C@H](C(C)(C)O)O[C@@H]3CC[C@@]1(C)O2. The lowest BCUT2D eigenvalue weighted by Crippen LogP contribution is -2.64. The predicted octanol–water partition coefficient (Wildman–Crippen LogP) is 5.07. The summed E-state index contributed by atoms with van der Waals surface area (Å²) < 4.78 is 13.2. The summed E-state index contributed by atoms with van der Waals surface area (Å²) in [5, 5.41) is 37.5. The fourth-order valence-electron chi connectivity index (χ4n) is 7.65. The number of ether oxygens (including phenoxy) is 2. The van der Waals surface area contributed by atoms with E-state index in [-0.39, 0.29) is 53.0 Å². The van der Waals surface area contributed by atoms with Gasteiger partial charge in [-0.2, -0.15) is 0 Å². The molecule has 4 aliphatic rings. The van der Waals surface area contributed by atoms with E-state index >= 15 is 0 Å². The largest absolute Gasteiger partial charge is 0.504 e. The van der Waals surface area contributed by atoms with Gasteiger partial charge in [0.05, 0.1) is 40.9 Å². The van der Waals surface area contributed by atoms with Crippen molar-refractivity contribution in [2.24, 2.45) is 17.3 Å². The van der Waals surface area contributed by atoms with Crippen molar-refractivity contribution in [3.05, 3.63) is 11.1 Å². The Morgan fingerprint density at radius 1 is 1.23 bits per heavy atom. The zero-order chi connectivity index (χ0) is 28.7. The van der Waals surface area contributed by atoms with E-state index in [2.05, 4.69) is 12.2 Å². The number of fused-ring (bicyclic) bond motifs is 6. The van der Waals surface area contributed by atoms with Gasteiger partial charge >= 0.3 is 0 Å². The number of hydrogen-bond donors (Lipinski definition) is 4. The van der Waals surface area contributed by atoms with Gasteiger partial charge < -0.3 is 30.1 Å². The third-order valence-electron chi connectivity index (χ3n) is 10.0. The van der Waals surface area contributed by atoms with E-state index in [1.54, 1.807) is 20.8 Å². The molecule has 0 radical (unpaired) electrons. The minimum atomic E-state index is -1.04. The van der Waals surface area contributed by atoms with Crippen molar-refractivity contribution >= 4 is 29.1 Å². The molecule has 9 heteroatoms. The number of rotatable bonds is 5. The first-order valence-corrected chi connectivity index (χ1v) is 15.3. The second-order valence-electron chi connectivity index (χ2n) is 13.2. The fraction of sp³-hybridized carbons (Fsp3) is 0.733. The number of nitrogens with one attached hydrogen (secondary N) is 1. The average molecular weight is 562 g/mol. The van der Waals surface area contributed by atoms with Gasteiger partial charge in [-0.1, -0.05) is 27.7 Å². The summed E-state index contributed by atoms with van der Waals surface area (Å²) in [5.41, 5.74) is -0.955. The molecule has 5 rings (SSSR count). The second kappa shape index (κ2) is 9.64. The minimum absolute atomic E-state index is 0.0154. The van der Waals surface area contributed by atoms with Crippen molar-refractivity contribution in [2.45, 2.75) is 121 Å². The zero-order valence-electron chi connectivity index (χ0n) is 24.1. The summed E-state index contributed by atoms with van der Waals surface area (Å²) in [7, 11) is 0. The Morgan fingerprint density at radius 3 is 2.56 bits per heavy atom. The lowest BCUT2D eigenvalue weighted by atomic mass is 9.53.